The molecule has 5 nitrogen and oxygen atoms in total. The van der Waals surface area contributed by atoms with E-state index in [9.17, 15) is 4.79 Å². The average Bonchev–Trinajstić information content (AvgIpc) is 2.10. The molecule has 0 aromatic rings. The van der Waals surface area contributed by atoms with Crippen LogP contribution in [0.5, 0.6) is 0 Å². The number of amides is 1. The minimum absolute atomic E-state index is 0.219. The number of hydrogen-bond acceptors (Lipinski definition) is 4. The van der Waals surface area contributed by atoms with E-state index >= 15 is 0 Å². The lowest BCUT2D eigenvalue weighted by Crippen LogP contribution is -2.50. The molecule has 0 aliphatic carbocycles. The molecule has 1 fully saturated rings. The predicted molar refractivity (Wildman–Crippen MR) is 65.5 cm³/mol. The largest absolute Gasteiger partial charge is 0.443 e. The molecule has 17 heavy (non-hydrogen) atoms. The summed E-state index contributed by atoms with van der Waals surface area (Å²) in [6, 6.07) is 0.237. The predicted octanol–water partition coefficient (Wildman–Crippen LogP) is 1.97. The maximum atomic E-state index is 11.4. The molecule has 1 unspecified atom stereocenters. The Kier molecular flexibility index (Phi) is 4.77. The van der Waals surface area contributed by atoms with Gasteiger partial charge in [0.1, 0.15) is 5.60 Å². The molecule has 3 atom stereocenters. The molecule has 100 valence electrons. The molecule has 0 radical (unpaired) electrons. The zero-order valence-electron chi connectivity index (χ0n) is 11.4. The fourth-order valence-electron chi connectivity index (χ4n) is 1.99. The Morgan fingerprint density at radius 1 is 1.24 bits per heavy atom. The zero-order chi connectivity index (χ0) is 13.1. The van der Waals surface area contributed by atoms with Gasteiger partial charge in [-0.25, -0.2) is 10.2 Å². The van der Waals surface area contributed by atoms with Crippen molar-refractivity contribution in [3.05, 3.63) is 0 Å². The van der Waals surface area contributed by atoms with Gasteiger partial charge in [-0.15, -0.1) is 0 Å². The molecular weight excluding hydrogens is 220 g/mol. The Balaban J connectivity index is 2.28. The molecule has 0 aromatic heterocycles. The molecule has 1 rings (SSSR count). The monoisotopic (exact) mass is 244 g/mol. The number of rotatable bonds is 2. The summed E-state index contributed by atoms with van der Waals surface area (Å²) in [7, 11) is 0. The topological polar surface area (TPSA) is 59.6 Å². The first-order chi connectivity index (χ1) is 7.76. The molecule has 1 heterocycles. The Hall–Kier alpha value is -0.810. The Morgan fingerprint density at radius 3 is 2.24 bits per heavy atom. The first-order valence-corrected chi connectivity index (χ1v) is 6.16. The number of carbonyl (C=O) groups excluding carboxylic acids is 1. The van der Waals surface area contributed by atoms with Crippen LogP contribution in [-0.4, -0.2) is 29.9 Å². The fraction of sp³-hybridized carbons (Fsp3) is 0.917. The quantitative estimate of drug-likeness (QED) is 0.729. The highest BCUT2D eigenvalue weighted by molar-refractivity contribution is 5.67. The van der Waals surface area contributed by atoms with E-state index in [0.717, 1.165) is 12.8 Å². The summed E-state index contributed by atoms with van der Waals surface area (Å²) < 4.78 is 10.8. The van der Waals surface area contributed by atoms with E-state index in [4.69, 9.17) is 9.47 Å². The van der Waals surface area contributed by atoms with Crippen LogP contribution in [0.1, 0.15) is 47.5 Å². The normalized spacial score (nSPS) is 29.8. The van der Waals surface area contributed by atoms with Crippen LogP contribution in [0.25, 0.3) is 0 Å². The number of carbonyl (C=O) groups is 1. The minimum Gasteiger partial charge on any atom is -0.443 e. The van der Waals surface area contributed by atoms with Crippen molar-refractivity contribution in [1.29, 1.82) is 0 Å². The number of nitrogens with one attached hydrogen (secondary N) is 2. The van der Waals surface area contributed by atoms with E-state index in [1.165, 1.54) is 0 Å². The van der Waals surface area contributed by atoms with Gasteiger partial charge in [0.25, 0.3) is 0 Å². The lowest BCUT2D eigenvalue weighted by Gasteiger charge is -2.32. The molecule has 0 saturated carbocycles. The number of hydrogen-bond donors (Lipinski definition) is 2. The van der Waals surface area contributed by atoms with Crippen LogP contribution in [0.3, 0.4) is 0 Å². The standard InChI is InChI=1S/C12H24N2O3/c1-8-6-10(7-9(2)16-8)13-14-11(15)17-12(3,4)5/h8-10,13H,6-7H2,1-5H3,(H,14,15)/t8-,9+,10?. The number of ether oxygens (including phenoxy) is 2. The van der Waals surface area contributed by atoms with Gasteiger partial charge in [-0.05, 0) is 47.5 Å². The van der Waals surface area contributed by atoms with Crippen LogP contribution < -0.4 is 10.9 Å². The van der Waals surface area contributed by atoms with Gasteiger partial charge in [-0.2, -0.15) is 0 Å². The maximum Gasteiger partial charge on any atom is 0.422 e. The van der Waals surface area contributed by atoms with Gasteiger partial charge in [0.15, 0.2) is 0 Å². The van der Waals surface area contributed by atoms with Crippen molar-refractivity contribution >= 4 is 6.09 Å². The van der Waals surface area contributed by atoms with E-state index < -0.39 is 11.7 Å². The lowest BCUT2D eigenvalue weighted by atomic mass is 10.0. The van der Waals surface area contributed by atoms with Crippen LogP contribution in [-0.2, 0) is 9.47 Å². The smallest absolute Gasteiger partial charge is 0.422 e. The van der Waals surface area contributed by atoms with Crippen LogP contribution in [0.2, 0.25) is 0 Å². The molecule has 0 spiro atoms. The highest BCUT2D eigenvalue weighted by atomic mass is 16.6. The fourth-order valence-corrected chi connectivity index (χ4v) is 1.99. The van der Waals surface area contributed by atoms with Crippen LogP contribution >= 0.6 is 0 Å². The van der Waals surface area contributed by atoms with Crippen molar-refractivity contribution in [2.24, 2.45) is 0 Å². The van der Waals surface area contributed by atoms with Crippen LogP contribution in [0.4, 0.5) is 4.79 Å². The number of hydrazine groups is 1. The molecule has 0 bridgehead atoms. The second kappa shape index (κ2) is 5.69. The van der Waals surface area contributed by atoms with Gasteiger partial charge in [0.2, 0.25) is 0 Å². The van der Waals surface area contributed by atoms with Crippen LogP contribution in [0, 0.1) is 0 Å². The van der Waals surface area contributed by atoms with Gasteiger partial charge in [-0.1, -0.05) is 0 Å². The molecule has 1 amide bonds. The molecule has 1 aliphatic heterocycles. The third kappa shape index (κ3) is 5.89. The zero-order valence-corrected chi connectivity index (χ0v) is 11.4. The van der Waals surface area contributed by atoms with Crippen molar-refractivity contribution in [1.82, 2.24) is 10.9 Å². The van der Waals surface area contributed by atoms with E-state index in [1.54, 1.807) is 0 Å². The Labute approximate surface area is 103 Å². The summed E-state index contributed by atoms with van der Waals surface area (Å²) in [4.78, 5) is 11.4. The SMILES string of the molecule is C[C@@H]1CC(NNC(=O)OC(C)(C)C)C[C@H](C)O1. The van der Waals surface area contributed by atoms with Crippen molar-refractivity contribution in [3.8, 4) is 0 Å². The Morgan fingerprint density at radius 2 is 1.76 bits per heavy atom. The van der Waals surface area contributed by atoms with Gasteiger partial charge in [0, 0.05) is 6.04 Å². The van der Waals surface area contributed by atoms with Crippen molar-refractivity contribution in [2.45, 2.75) is 71.3 Å². The summed E-state index contributed by atoms with van der Waals surface area (Å²) in [5, 5.41) is 0. The minimum atomic E-state index is -0.470. The van der Waals surface area contributed by atoms with Crippen molar-refractivity contribution < 1.29 is 14.3 Å². The first-order valence-electron chi connectivity index (χ1n) is 6.16. The molecule has 2 N–H and O–H groups in total. The van der Waals surface area contributed by atoms with E-state index in [2.05, 4.69) is 10.9 Å². The highest BCUT2D eigenvalue weighted by Gasteiger charge is 2.25. The van der Waals surface area contributed by atoms with Crippen LogP contribution in [0.15, 0.2) is 0 Å². The summed E-state index contributed by atoms with van der Waals surface area (Å²) in [6.45, 7) is 9.59. The average molecular weight is 244 g/mol. The second-order valence-corrected chi connectivity index (χ2v) is 5.70. The summed E-state index contributed by atoms with van der Waals surface area (Å²) >= 11 is 0. The second-order valence-electron chi connectivity index (χ2n) is 5.70. The molecular formula is C12H24N2O3. The van der Waals surface area contributed by atoms with Gasteiger partial charge in [-0.3, -0.25) is 5.43 Å². The van der Waals surface area contributed by atoms with Crippen molar-refractivity contribution in [3.63, 3.8) is 0 Å². The molecule has 1 saturated heterocycles. The molecule has 1 aliphatic rings. The van der Waals surface area contributed by atoms with E-state index in [1.807, 2.05) is 34.6 Å². The summed E-state index contributed by atoms with van der Waals surface area (Å²) in [5.74, 6) is 0. The van der Waals surface area contributed by atoms with Gasteiger partial charge >= 0.3 is 6.09 Å². The Bertz CT molecular complexity index is 253. The first kappa shape index (κ1) is 14.3. The lowest BCUT2D eigenvalue weighted by molar-refractivity contribution is -0.0446. The van der Waals surface area contributed by atoms with E-state index in [-0.39, 0.29) is 18.2 Å². The van der Waals surface area contributed by atoms with Gasteiger partial charge < -0.3 is 9.47 Å². The molecule has 0 aromatic carbocycles. The third-order valence-corrected chi connectivity index (χ3v) is 2.47. The molecule has 5 heteroatoms. The highest BCUT2D eigenvalue weighted by Crippen LogP contribution is 2.18. The third-order valence-electron chi connectivity index (χ3n) is 2.47. The maximum absolute atomic E-state index is 11.4. The summed E-state index contributed by atoms with van der Waals surface area (Å²) in [5.41, 5.74) is 5.11. The van der Waals surface area contributed by atoms with E-state index in [0.29, 0.717) is 0 Å². The summed E-state index contributed by atoms with van der Waals surface area (Å²) in [6.07, 6.45) is 1.78. The van der Waals surface area contributed by atoms with Gasteiger partial charge in [0.05, 0.1) is 12.2 Å². The van der Waals surface area contributed by atoms with Crippen molar-refractivity contribution in [2.75, 3.05) is 0 Å².